The van der Waals surface area contributed by atoms with Crippen LogP contribution in [0.3, 0.4) is 0 Å². The second-order valence-corrected chi connectivity index (χ2v) is 4.35. The number of aliphatic hydroxyl groups is 1. The number of nitrogens with zero attached hydrogens (tertiary/aromatic N) is 2. The highest BCUT2D eigenvalue weighted by atomic mass is 35.5. The maximum Gasteiger partial charge on any atom is 0.271 e. The second-order valence-electron chi connectivity index (χ2n) is 3.17. The van der Waals surface area contributed by atoms with E-state index in [1.165, 1.54) is 18.0 Å². The van der Waals surface area contributed by atoms with E-state index in [-0.39, 0.29) is 10.7 Å². The van der Waals surface area contributed by atoms with Crippen LogP contribution in [-0.2, 0) is 0 Å². The zero-order valence-electron chi connectivity index (χ0n) is 9.23. The molecule has 0 aliphatic heterocycles. The Hall–Kier alpha value is -0.990. The van der Waals surface area contributed by atoms with Gasteiger partial charge in [-0.15, -0.1) is 0 Å². The Morgan fingerprint density at radius 1 is 1.67 bits per heavy atom. The standard InChI is InChI=1S/C9H10ClF2N3O2S/c1-18-9-14-2-4(10)6(15-9)8(17)13-3-5(16)7(11)12/h2,5,7,16H,3H2,1H3,(H,13,17). The third kappa shape index (κ3) is 4.04. The first-order chi connectivity index (χ1) is 8.45. The molecule has 1 amide bonds. The van der Waals surface area contributed by atoms with Crippen LogP contribution in [0, 0.1) is 0 Å². The van der Waals surface area contributed by atoms with E-state index in [0.29, 0.717) is 5.16 Å². The van der Waals surface area contributed by atoms with Crippen molar-refractivity contribution in [3.8, 4) is 0 Å². The Bertz CT molecular complexity index is 436. The van der Waals surface area contributed by atoms with Gasteiger partial charge in [0, 0.05) is 6.54 Å². The quantitative estimate of drug-likeness (QED) is 0.631. The molecule has 0 saturated carbocycles. The molecular weight excluding hydrogens is 288 g/mol. The third-order valence-electron chi connectivity index (χ3n) is 1.88. The number of alkyl halides is 2. The molecule has 100 valence electrons. The molecule has 2 N–H and O–H groups in total. The fourth-order valence-corrected chi connectivity index (χ4v) is 1.50. The molecule has 0 aliphatic rings. The van der Waals surface area contributed by atoms with Gasteiger partial charge in [0.1, 0.15) is 6.10 Å². The van der Waals surface area contributed by atoms with Crippen molar-refractivity contribution in [3.63, 3.8) is 0 Å². The molecule has 0 fully saturated rings. The van der Waals surface area contributed by atoms with E-state index in [0.717, 1.165) is 0 Å². The van der Waals surface area contributed by atoms with Gasteiger partial charge in [-0.3, -0.25) is 4.79 Å². The fraction of sp³-hybridized carbons (Fsp3) is 0.444. The van der Waals surface area contributed by atoms with Gasteiger partial charge in [-0.05, 0) is 6.26 Å². The average molecular weight is 298 g/mol. The number of rotatable bonds is 5. The summed E-state index contributed by atoms with van der Waals surface area (Å²) in [5, 5.41) is 11.3. The van der Waals surface area contributed by atoms with Gasteiger partial charge in [0.2, 0.25) is 0 Å². The maximum atomic E-state index is 12.0. The van der Waals surface area contributed by atoms with Crippen molar-refractivity contribution in [1.29, 1.82) is 0 Å². The number of carbonyl (C=O) groups excluding carboxylic acids is 1. The summed E-state index contributed by atoms with van der Waals surface area (Å²) in [5.74, 6) is -0.739. The molecule has 1 heterocycles. The van der Waals surface area contributed by atoms with Crippen molar-refractivity contribution in [2.24, 2.45) is 0 Å². The number of aliphatic hydroxyl groups excluding tert-OH is 1. The number of thioether (sulfide) groups is 1. The molecule has 1 rings (SSSR count). The first kappa shape index (κ1) is 15.1. The van der Waals surface area contributed by atoms with Crippen LogP contribution < -0.4 is 5.32 Å². The van der Waals surface area contributed by atoms with Crippen molar-refractivity contribution >= 4 is 29.3 Å². The fourth-order valence-electron chi connectivity index (χ4n) is 0.979. The van der Waals surface area contributed by atoms with Crippen molar-refractivity contribution in [1.82, 2.24) is 15.3 Å². The number of hydrogen-bond acceptors (Lipinski definition) is 5. The van der Waals surface area contributed by atoms with Crippen LogP contribution in [0.5, 0.6) is 0 Å². The molecule has 0 aliphatic carbocycles. The Balaban J connectivity index is 2.72. The first-order valence-electron chi connectivity index (χ1n) is 4.76. The van der Waals surface area contributed by atoms with Crippen LogP contribution in [0.1, 0.15) is 10.5 Å². The molecule has 1 atom stereocenters. The Labute approximate surface area is 111 Å². The van der Waals surface area contributed by atoms with Gasteiger partial charge in [0.15, 0.2) is 10.9 Å². The lowest BCUT2D eigenvalue weighted by molar-refractivity contribution is -0.00273. The van der Waals surface area contributed by atoms with Crippen LogP contribution in [0.25, 0.3) is 0 Å². The Morgan fingerprint density at radius 2 is 2.33 bits per heavy atom. The van der Waals surface area contributed by atoms with Crippen LogP contribution in [0.4, 0.5) is 8.78 Å². The van der Waals surface area contributed by atoms with Crippen LogP contribution >= 0.6 is 23.4 Å². The van der Waals surface area contributed by atoms with Gasteiger partial charge in [0.25, 0.3) is 12.3 Å². The zero-order chi connectivity index (χ0) is 13.7. The monoisotopic (exact) mass is 297 g/mol. The highest BCUT2D eigenvalue weighted by Crippen LogP contribution is 2.16. The first-order valence-corrected chi connectivity index (χ1v) is 6.37. The number of halogens is 3. The van der Waals surface area contributed by atoms with Crippen molar-refractivity contribution in [2.75, 3.05) is 12.8 Å². The summed E-state index contributed by atoms with van der Waals surface area (Å²) in [5.41, 5.74) is -0.113. The summed E-state index contributed by atoms with van der Waals surface area (Å²) in [6.07, 6.45) is -1.88. The summed E-state index contributed by atoms with van der Waals surface area (Å²) < 4.78 is 24.0. The summed E-state index contributed by atoms with van der Waals surface area (Å²) in [6, 6.07) is 0. The molecule has 1 aromatic rings. The molecule has 0 radical (unpaired) electrons. The average Bonchev–Trinajstić information content (AvgIpc) is 2.35. The molecule has 0 saturated heterocycles. The number of aromatic nitrogens is 2. The van der Waals surface area contributed by atoms with Gasteiger partial charge in [0.05, 0.1) is 11.2 Å². The summed E-state index contributed by atoms with van der Waals surface area (Å²) >= 11 is 6.93. The highest BCUT2D eigenvalue weighted by molar-refractivity contribution is 7.98. The van der Waals surface area contributed by atoms with Gasteiger partial charge in [-0.2, -0.15) is 0 Å². The predicted molar refractivity (Wildman–Crippen MR) is 63.2 cm³/mol. The molecule has 0 spiro atoms. The summed E-state index contributed by atoms with van der Waals surface area (Å²) in [4.78, 5) is 19.3. The number of hydrogen-bond donors (Lipinski definition) is 2. The Kier molecular flexibility index (Phi) is 5.70. The topological polar surface area (TPSA) is 75.1 Å². The lowest BCUT2D eigenvalue weighted by Gasteiger charge is -2.11. The minimum Gasteiger partial charge on any atom is -0.385 e. The summed E-state index contributed by atoms with van der Waals surface area (Å²) in [7, 11) is 0. The van der Waals surface area contributed by atoms with E-state index >= 15 is 0 Å². The number of amides is 1. The lowest BCUT2D eigenvalue weighted by Crippen LogP contribution is -2.36. The van der Waals surface area contributed by atoms with Gasteiger partial charge >= 0.3 is 0 Å². The van der Waals surface area contributed by atoms with Crippen molar-refractivity contribution < 1.29 is 18.7 Å². The molecule has 0 aromatic carbocycles. The largest absolute Gasteiger partial charge is 0.385 e. The van der Waals surface area contributed by atoms with Crippen LogP contribution in [-0.4, -0.2) is 46.3 Å². The predicted octanol–water partition coefficient (Wildman–Crippen LogP) is 1.21. The molecule has 5 nitrogen and oxygen atoms in total. The summed E-state index contributed by atoms with van der Waals surface area (Å²) in [6.45, 7) is -0.578. The van der Waals surface area contributed by atoms with E-state index in [4.69, 9.17) is 16.7 Å². The van der Waals surface area contributed by atoms with E-state index in [1.807, 2.05) is 0 Å². The third-order valence-corrected chi connectivity index (χ3v) is 2.72. The van der Waals surface area contributed by atoms with Crippen molar-refractivity contribution in [2.45, 2.75) is 17.7 Å². The van der Waals surface area contributed by atoms with E-state index < -0.39 is 25.0 Å². The minimum atomic E-state index is -2.92. The van der Waals surface area contributed by atoms with E-state index in [2.05, 4.69) is 15.3 Å². The van der Waals surface area contributed by atoms with Gasteiger partial charge in [-0.1, -0.05) is 23.4 Å². The molecule has 1 unspecified atom stereocenters. The normalized spacial score (nSPS) is 12.6. The molecular formula is C9H10ClF2N3O2S. The smallest absolute Gasteiger partial charge is 0.271 e. The molecule has 0 bridgehead atoms. The van der Waals surface area contributed by atoms with Gasteiger partial charge in [-0.25, -0.2) is 18.7 Å². The van der Waals surface area contributed by atoms with Gasteiger partial charge < -0.3 is 10.4 Å². The highest BCUT2D eigenvalue weighted by Gasteiger charge is 2.19. The SMILES string of the molecule is CSc1ncc(Cl)c(C(=O)NCC(O)C(F)F)n1. The van der Waals surface area contributed by atoms with E-state index in [9.17, 15) is 13.6 Å². The molecule has 1 aromatic heterocycles. The van der Waals surface area contributed by atoms with E-state index in [1.54, 1.807) is 6.26 Å². The van der Waals surface area contributed by atoms with Crippen molar-refractivity contribution in [3.05, 3.63) is 16.9 Å². The number of nitrogens with one attached hydrogen (secondary N) is 1. The zero-order valence-corrected chi connectivity index (χ0v) is 10.8. The maximum absolute atomic E-state index is 12.0. The second kappa shape index (κ2) is 6.81. The van der Waals surface area contributed by atoms with Crippen LogP contribution in [0.15, 0.2) is 11.4 Å². The Morgan fingerprint density at radius 3 is 2.89 bits per heavy atom. The lowest BCUT2D eigenvalue weighted by atomic mass is 10.3. The number of carbonyl (C=O) groups is 1. The van der Waals surface area contributed by atoms with Crippen LogP contribution in [0.2, 0.25) is 5.02 Å². The minimum absolute atomic E-state index is 0.0110. The molecule has 9 heteroatoms. The molecule has 18 heavy (non-hydrogen) atoms.